The summed E-state index contributed by atoms with van der Waals surface area (Å²) in [6.07, 6.45) is 1.56. The van der Waals surface area contributed by atoms with E-state index in [1.54, 1.807) is 18.3 Å². The number of rotatable bonds is 9. The van der Waals surface area contributed by atoms with Crippen molar-refractivity contribution in [1.29, 1.82) is 0 Å². The summed E-state index contributed by atoms with van der Waals surface area (Å²) < 4.78 is 5.83. The molecule has 3 aromatic rings. The number of hydrazone groups is 1. The number of amides is 2. The van der Waals surface area contributed by atoms with E-state index in [-0.39, 0.29) is 17.7 Å². The summed E-state index contributed by atoms with van der Waals surface area (Å²) >= 11 is 0. The number of ether oxygens (including phenoxy) is 1. The van der Waals surface area contributed by atoms with Crippen LogP contribution in [0, 0.1) is 19.8 Å². The summed E-state index contributed by atoms with van der Waals surface area (Å²) in [6.45, 7) is 8.25. The van der Waals surface area contributed by atoms with Crippen molar-refractivity contribution in [3.8, 4) is 5.75 Å². The van der Waals surface area contributed by atoms with Crippen molar-refractivity contribution in [2.75, 3.05) is 0 Å². The maximum atomic E-state index is 12.6. The molecule has 0 saturated heterocycles. The fraction of sp³-hybridized carbons (Fsp3) is 0.250. The molecular formula is C28H31N3O3. The normalized spacial score (nSPS) is 11.9. The molecule has 3 aromatic carbocycles. The van der Waals surface area contributed by atoms with Gasteiger partial charge in [-0.3, -0.25) is 9.59 Å². The monoisotopic (exact) mass is 457 g/mol. The molecule has 0 radical (unpaired) electrons. The topological polar surface area (TPSA) is 79.8 Å². The van der Waals surface area contributed by atoms with Crippen LogP contribution in [0.3, 0.4) is 0 Å². The van der Waals surface area contributed by atoms with Crippen molar-refractivity contribution in [3.63, 3.8) is 0 Å². The summed E-state index contributed by atoms with van der Waals surface area (Å²) in [4.78, 5) is 25.2. The lowest BCUT2D eigenvalue weighted by Crippen LogP contribution is -2.48. The molecule has 0 aliphatic heterocycles. The summed E-state index contributed by atoms with van der Waals surface area (Å²) in [5, 5.41) is 6.85. The Kier molecular flexibility index (Phi) is 8.57. The first-order valence-corrected chi connectivity index (χ1v) is 11.3. The average Bonchev–Trinajstić information content (AvgIpc) is 2.82. The zero-order valence-corrected chi connectivity index (χ0v) is 20.0. The fourth-order valence-corrected chi connectivity index (χ4v) is 3.32. The maximum absolute atomic E-state index is 12.6. The van der Waals surface area contributed by atoms with Gasteiger partial charge in [0.05, 0.1) is 6.21 Å². The number of carbonyl (C=O) groups is 2. The molecule has 2 amide bonds. The van der Waals surface area contributed by atoms with E-state index in [2.05, 4.69) is 34.9 Å². The van der Waals surface area contributed by atoms with Crippen LogP contribution < -0.4 is 15.5 Å². The Bertz CT molecular complexity index is 1140. The molecule has 0 aliphatic rings. The molecule has 0 spiro atoms. The Labute approximate surface area is 201 Å². The smallest absolute Gasteiger partial charge is 0.262 e. The molecule has 176 valence electrons. The van der Waals surface area contributed by atoms with Gasteiger partial charge in [0.2, 0.25) is 0 Å². The molecule has 0 fully saturated rings. The lowest BCUT2D eigenvalue weighted by atomic mass is 10.0. The Balaban J connectivity index is 1.52. The third-order valence-corrected chi connectivity index (χ3v) is 5.31. The lowest BCUT2D eigenvalue weighted by Gasteiger charge is -2.20. The maximum Gasteiger partial charge on any atom is 0.262 e. The number of nitrogens with zero attached hydrogens (tertiary/aromatic N) is 1. The number of benzene rings is 3. The first-order valence-electron chi connectivity index (χ1n) is 11.3. The van der Waals surface area contributed by atoms with E-state index in [1.807, 2.05) is 69.3 Å². The molecule has 2 N–H and O–H groups in total. The number of hydrogen-bond donors (Lipinski definition) is 2. The van der Waals surface area contributed by atoms with E-state index in [1.165, 1.54) is 5.56 Å². The van der Waals surface area contributed by atoms with Crippen LogP contribution in [0.5, 0.6) is 5.75 Å². The minimum atomic E-state index is -0.705. The molecule has 0 bridgehead atoms. The summed E-state index contributed by atoms with van der Waals surface area (Å²) in [7, 11) is 0. The van der Waals surface area contributed by atoms with Gasteiger partial charge in [0.25, 0.3) is 11.8 Å². The molecule has 34 heavy (non-hydrogen) atoms. The van der Waals surface area contributed by atoms with Crippen LogP contribution in [-0.2, 0) is 11.4 Å². The van der Waals surface area contributed by atoms with Crippen molar-refractivity contribution in [2.24, 2.45) is 11.0 Å². The molecule has 6 heteroatoms. The minimum absolute atomic E-state index is 0.102. The van der Waals surface area contributed by atoms with Crippen LogP contribution in [0.15, 0.2) is 77.9 Å². The highest BCUT2D eigenvalue weighted by molar-refractivity contribution is 5.97. The zero-order valence-electron chi connectivity index (χ0n) is 20.0. The van der Waals surface area contributed by atoms with E-state index in [9.17, 15) is 9.59 Å². The third kappa shape index (κ3) is 7.30. The molecule has 0 heterocycles. The van der Waals surface area contributed by atoms with Crippen LogP contribution in [-0.4, -0.2) is 24.1 Å². The van der Waals surface area contributed by atoms with E-state index in [4.69, 9.17) is 4.74 Å². The largest absolute Gasteiger partial charge is 0.489 e. The Hall–Kier alpha value is -3.93. The highest BCUT2D eigenvalue weighted by Crippen LogP contribution is 2.14. The van der Waals surface area contributed by atoms with Crippen molar-refractivity contribution in [2.45, 2.75) is 40.3 Å². The van der Waals surface area contributed by atoms with Gasteiger partial charge in [-0.15, -0.1) is 0 Å². The van der Waals surface area contributed by atoms with E-state index in [0.717, 1.165) is 22.4 Å². The van der Waals surface area contributed by atoms with Gasteiger partial charge in [-0.1, -0.05) is 61.4 Å². The number of nitrogens with one attached hydrogen (secondary N) is 2. The molecule has 6 nitrogen and oxygen atoms in total. The summed E-state index contributed by atoms with van der Waals surface area (Å²) in [6, 6.07) is 22.1. The zero-order chi connectivity index (χ0) is 24.5. The van der Waals surface area contributed by atoms with Crippen molar-refractivity contribution >= 4 is 18.0 Å². The van der Waals surface area contributed by atoms with Crippen molar-refractivity contribution in [1.82, 2.24) is 10.7 Å². The average molecular weight is 458 g/mol. The fourth-order valence-electron chi connectivity index (χ4n) is 3.32. The molecule has 1 unspecified atom stereocenters. The molecule has 0 aromatic heterocycles. The van der Waals surface area contributed by atoms with E-state index < -0.39 is 6.04 Å². The van der Waals surface area contributed by atoms with E-state index >= 15 is 0 Å². The third-order valence-electron chi connectivity index (χ3n) is 5.31. The standard InChI is InChI=1S/C28H31N3O3/c1-19(2)26(30-27(32)24-12-8-20(3)9-13-24)28(33)31-29-17-22-10-14-25(15-11-22)34-18-23-7-5-6-21(4)16-23/h5-17,19,26H,18H2,1-4H3,(H,30,32)(H,31,33). The summed E-state index contributed by atoms with van der Waals surface area (Å²) in [5.41, 5.74) is 7.23. The second-order valence-corrected chi connectivity index (χ2v) is 8.64. The molecule has 0 saturated carbocycles. The van der Waals surface area contributed by atoms with Gasteiger partial charge in [0.1, 0.15) is 18.4 Å². The van der Waals surface area contributed by atoms with Gasteiger partial charge in [0.15, 0.2) is 0 Å². The van der Waals surface area contributed by atoms with Crippen LogP contribution >= 0.6 is 0 Å². The number of carbonyl (C=O) groups excluding carboxylic acids is 2. The van der Waals surface area contributed by atoms with Gasteiger partial charge in [0, 0.05) is 5.56 Å². The minimum Gasteiger partial charge on any atom is -0.489 e. The second-order valence-electron chi connectivity index (χ2n) is 8.64. The van der Waals surface area contributed by atoms with Crippen LogP contribution in [0.2, 0.25) is 0 Å². The molecule has 0 aliphatic carbocycles. The van der Waals surface area contributed by atoms with Gasteiger partial charge in [-0.2, -0.15) is 5.10 Å². The lowest BCUT2D eigenvalue weighted by molar-refractivity contribution is -0.123. The Morgan fingerprint density at radius 2 is 1.65 bits per heavy atom. The van der Waals surface area contributed by atoms with Crippen LogP contribution in [0.4, 0.5) is 0 Å². The van der Waals surface area contributed by atoms with Gasteiger partial charge >= 0.3 is 0 Å². The Morgan fingerprint density at radius 1 is 0.941 bits per heavy atom. The van der Waals surface area contributed by atoms with Gasteiger partial charge in [-0.05, 0) is 67.3 Å². The summed E-state index contributed by atoms with van der Waals surface area (Å²) in [5.74, 6) is -0.0142. The van der Waals surface area contributed by atoms with Crippen molar-refractivity contribution < 1.29 is 14.3 Å². The second kappa shape index (κ2) is 11.8. The van der Waals surface area contributed by atoms with Crippen molar-refractivity contribution in [3.05, 3.63) is 101 Å². The number of hydrogen-bond acceptors (Lipinski definition) is 4. The van der Waals surface area contributed by atoms with Crippen LogP contribution in [0.25, 0.3) is 0 Å². The quantitative estimate of drug-likeness (QED) is 0.358. The first-order chi connectivity index (χ1) is 16.3. The van der Waals surface area contributed by atoms with Gasteiger partial charge < -0.3 is 10.1 Å². The number of aryl methyl sites for hydroxylation is 2. The molecular weight excluding hydrogens is 426 g/mol. The van der Waals surface area contributed by atoms with E-state index in [0.29, 0.717) is 12.2 Å². The van der Waals surface area contributed by atoms with Gasteiger partial charge in [-0.25, -0.2) is 5.43 Å². The molecule has 1 atom stereocenters. The van der Waals surface area contributed by atoms with Crippen LogP contribution in [0.1, 0.15) is 46.5 Å². The SMILES string of the molecule is Cc1ccc(C(=O)NC(C(=O)NN=Cc2ccc(OCc3cccc(C)c3)cc2)C(C)C)cc1. The highest BCUT2D eigenvalue weighted by Gasteiger charge is 2.24. The first kappa shape index (κ1) is 24.7. The Morgan fingerprint density at radius 3 is 2.29 bits per heavy atom. The highest BCUT2D eigenvalue weighted by atomic mass is 16.5. The predicted molar refractivity (Wildman–Crippen MR) is 135 cm³/mol. The predicted octanol–water partition coefficient (Wildman–Crippen LogP) is 4.79. The molecule has 3 rings (SSSR count).